The monoisotopic (exact) mass is 440 g/mol. The number of amides is 1. The number of nitriles is 1. The molecule has 1 heterocycles. The number of hydrogen-bond donors (Lipinski definition) is 1. The van der Waals surface area contributed by atoms with E-state index in [1.54, 1.807) is 42.5 Å². The summed E-state index contributed by atoms with van der Waals surface area (Å²) in [6, 6.07) is 16.3. The van der Waals surface area contributed by atoms with Crippen molar-refractivity contribution in [1.29, 1.82) is 5.26 Å². The maximum Gasteiger partial charge on any atom is 0.339 e. The van der Waals surface area contributed by atoms with Crippen molar-refractivity contribution < 1.29 is 18.7 Å². The number of para-hydroxylation sites is 1. The molecule has 1 N–H and O–H groups in total. The molecule has 2 aromatic carbocycles. The molecule has 1 aromatic heterocycles. The quantitative estimate of drug-likeness (QED) is 0.317. The number of benzene rings is 2. The molecular formula is C22H14Cl2N2O4. The fourth-order valence-corrected chi connectivity index (χ4v) is 3.00. The third-order valence-electron chi connectivity index (χ3n) is 4.05. The molecule has 8 heteroatoms. The number of carbonyl (C=O) groups excluding carboxylic acids is 2. The Morgan fingerprint density at radius 1 is 1.13 bits per heavy atom. The van der Waals surface area contributed by atoms with Crippen LogP contribution in [0.4, 0.5) is 5.69 Å². The molecule has 0 saturated carbocycles. The highest BCUT2D eigenvalue weighted by atomic mass is 35.5. The number of carbonyl (C=O) groups is 2. The highest BCUT2D eigenvalue weighted by Gasteiger charge is 2.17. The molecule has 0 aliphatic rings. The van der Waals surface area contributed by atoms with E-state index in [0.717, 1.165) is 0 Å². The lowest BCUT2D eigenvalue weighted by Gasteiger charge is -2.08. The van der Waals surface area contributed by atoms with Crippen LogP contribution in [-0.4, -0.2) is 19.0 Å². The highest BCUT2D eigenvalue weighted by molar-refractivity contribution is 6.35. The van der Waals surface area contributed by atoms with Crippen LogP contribution < -0.4 is 5.32 Å². The fraction of sp³-hybridized carbons (Fsp3) is 0.0455. The maximum absolute atomic E-state index is 12.6. The van der Waals surface area contributed by atoms with Gasteiger partial charge in [-0.05, 0) is 42.5 Å². The SMILES string of the molecule is COC(=O)c1ccccc1NC(=O)C(C#N)=Cc1ccc(-c2cc(Cl)ccc2Cl)o1. The predicted molar refractivity (Wildman–Crippen MR) is 114 cm³/mol. The Balaban J connectivity index is 1.86. The molecule has 0 atom stereocenters. The second-order valence-corrected chi connectivity index (χ2v) is 6.83. The highest BCUT2D eigenvalue weighted by Crippen LogP contribution is 2.32. The van der Waals surface area contributed by atoms with E-state index in [1.165, 1.54) is 25.3 Å². The van der Waals surface area contributed by atoms with Gasteiger partial charge < -0.3 is 14.5 Å². The van der Waals surface area contributed by atoms with Gasteiger partial charge in [-0.25, -0.2) is 4.79 Å². The Kier molecular flexibility index (Phi) is 6.58. The molecule has 0 saturated heterocycles. The average molecular weight is 441 g/mol. The van der Waals surface area contributed by atoms with Gasteiger partial charge in [-0.1, -0.05) is 35.3 Å². The average Bonchev–Trinajstić information content (AvgIpc) is 3.21. The van der Waals surface area contributed by atoms with Crippen molar-refractivity contribution >= 4 is 46.8 Å². The van der Waals surface area contributed by atoms with Crippen molar-refractivity contribution in [1.82, 2.24) is 0 Å². The van der Waals surface area contributed by atoms with Crippen LogP contribution in [0.15, 0.2) is 64.6 Å². The van der Waals surface area contributed by atoms with Gasteiger partial charge in [0.25, 0.3) is 5.91 Å². The maximum atomic E-state index is 12.6. The second-order valence-electron chi connectivity index (χ2n) is 5.99. The molecule has 30 heavy (non-hydrogen) atoms. The topological polar surface area (TPSA) is 92.3 Å². The van der Waals surface area contributed by atoms with Crippen LogP contribution >= 0.6 is 23.2 Å². The van der Waals surface area contributed by atoms with E-state index < -0.39 is 11.9 Å². The van der Waals surface area contributed by atoms with E-state index in [9.17, 15) is 14.9 Å². The summed E-state index contributed by atoms with van der Waals surface area (Å²) in [7, 11) is 1.24. The number of nitrogens with one attached hydrogen (secondary N) is 1. The van der Waals surface area contributed by atoms with Gasteiger partial charge in [0.15, 0.2) is 0 Å². The summed E-state index contributed by atoms with van der Waals surface area (Å²) in [4.78, 5) is 24.4. The predicted octanol–water partition coefficient (Wildman–Crippen LogP) is 5.59. The lowest BCUT2D eigenvalue weighted by molar-refractivity contribution is -0.112. The Morgan fingerprint density at radius 3 is 2.63 bits per heavy atom. The summed E-state index contributed by atoms with van der Waals surface area (Å²) in [5, 5.41) is 12.9. The van der Waals surface area contributed by atoms with Gasteiger partial charge in [0.1, 0.15) is 23.2 Å². The van der Waals surface area contributed by atoms with Crippen LogP contribution in [0.3, 0.4) is 0 Å². The van der Waals surface area contributed by atoms with Crippen LogP contribution in [0.1, 0.15) is 16.1 Å². The Hall–Kier alpha value is -3.53. The first kappa shape index (κ1) is 21.2. The van der Waals surface area contributed by atoms with Crippen molar-refractivity contribution in [3.8, 4) is 17.4 Å². The van der Waals surface area contributed by atoms with Crippen LogP contribution in [0.25, 0.3) is 17.4 Å². The zero-order valence-corrected chi connectivity index (χ0v) is 17.1. The van der Waals surface area contributed by atoms with Gasteiger partial charge >= 0.3 is 5.97 Å². The normalized spacial score (nSPS) is 10.9. The van der Waals surface area contributed by atoms with E-state index in [4.69, 9.17) is 32.4 Å². The summed E-state index contributed by atoms with van der Waals surface area (Å²) >= 11 is 12.2. The Morgan fingerprint density at radius 2 is 1.90 bits per heavy atom. The summed E-state index contributed by atoms with van der Waals surface area (Å²) in [5.74, 6) is -0.605. The number of esters is 1. The van der Waals surface area contributed by atoms with Crippen molar-refractivity contribution in [3.63, 3.8) is 0 Å². The van der Waals surface area contributed by atoms with E-state index in [1.807, 2.05) is 6.07 Å². The van der Waals surface area contributed by atoms with Gasteiger partial charge in [0.2, 0.25) is 0 Å². The first-order valence-corrected chi connectivity index (χ1v) is 9.34. The number of nitrogens with zero attached hydrogens (tertiary/aromatic N) is 1. The summed E-state index contributed by atoms with van der Waals surface area (Å²) in [6.45, 7) is 0. The molecule has 0 aliphatic carbocycles. The largest absolute Gasteiger partial charge is 0.465 e. The lowest BCUT2D eigenvalue weighted by atomic mass is 10.1. The minimum Gasteiger partial charge on any atom is -0.465 e. The molecule has 150 valence electrons. The second kappa shape index (κ2) is 9.31. The first-order chi connectivity index (χ1) is 14.4. The fourth-order valence-electron chi connectivity index (χ4n) is 2.62. The van der Waals surface area contributed by atoms with Crippen LogP contribution in [-0.2, 0) is 9.53 Å². The molecule has 0 spiro atoms. The van der Waals surface area contributed by atoms with Crippen LogP contribution in [0.5, 0.6) is 0 Å². The number of rotatable bonds is 5. The summed E-state index contributed by atoms with van der Waals surface area (Å²) in [6.07, 6.45) is 1.29. The number of furan rings is 1. The number of hydrogen-bond acceptors (Lipinski definition) is 5. The third kappa shape index (κ3) is 4.71. The van der Waals surface area contributed by atoms with E-state index >= 15 is 0 Å². The van der Waals surface area contributed by atoms with Gasteiger partial charge in [0, 0.05) is 16.7 Å². The van der Waals surface area contributed by atoms with Crippen molar-refractivity contribution in [2.45, 2.75) is 0 Å². The summed E-state index contributed by atoms with van der Waals surface area (Å²) < 4.78 is 10.4. The smallest absolute Gasteiger partial charge is 0.339 e. The zero-order chi connectivity index (χ0) is 21.7. The Bertz CT molecular complexity index is 1190. The van der Waals surface area contributed by atoms with Gasteiger partial charge in [-0.2, -0.15) is 5.26 Å². The molecule has 3 aromatic rings. The van der Waals surface area contributed by atoms with Gasteiger partial charge in [-0.3, -0.25) is 4.79 Å². The van der Waals surface area contributed by atoms with E-state index in [-0.39, 0.29) is 22.6 Å². The number of halogens is 2. The number of methoxy groups -OCH3 is 1. The van der Waals surface area contributed by atoms with E-state index in [0.29, 0.717) is 21.4 Å². The Labute approximate surface area is 182 Å². The molecule has 0 unspecified atom stereocenters. The van der Waals surface area contributed by atoms with Gasteiger partial charge in [-0.15, -0.1) is 0 Å². The minimum atomic E-state index is -0.701. The van der Waals surface area contributed by atoms with Crippen LogP contribution in [0.2, 0.25) is 10.0 Å². The van der Waals surface area contributed by atoms with Crippen LogP contribution in [0, 0.1) is 11.3 Å². The van der Waals surface area contributed by atoms with E-state index in [2.05, 4.69) is 5.32 Å². The molecule has 0 bridgehead atoms. The molecule has 6 nitrogen and oxygen atoms in total. The molecule has 3 rings (SSSR count). The third-order valence-corrected chi connectivity index (χ3v) is 4.62. The minimum absolute atomic E-state index is 0.168. The molecule has 0 fully saturated rings. The zero-order valence-electron chi connectivity index (χ0n) is 15.6. The number of ether oxygens (including phenoxy) is 1. The van der Waals surface area contributed by atoms with Crippen molar-refractivity contribution in [2.75, 3.05) is 12.4 Å². The molecule has 0 aliphatic heterocycles. The molecular weight excluding hydrogens is 427 g/mol. The first-order valence-electron chi connectivity index (χ1n) is 8.58. The molecule has 1 amide bonds. The summed E-state index contributed by atoms with van der Waals surface area (Å²) in [5.41, 5.74) is 0.759. The van der Waals surface area contributed by atoms with Crippen molar-refractivity contribution in [2.24, 2.45) is 0 Å². The lowest BCUT2D eigenvalue weighted by Crippen LogP contribution is -2.16. The van der Waals surface area contributed by atoms with Gasteiger partial charge in [0.05, 0.1) is 23.4 Å². The number of anilines is 1. The standard InChI is InChI=1S/C22H14Cl2N2O4/c1-29-22(28)16-4-2-3-5-19(16)26-21(27)13(12-25)10-15-7-9-20(30-15)17-11-14(23)6-8-18(17)24/h2-11H,1H3,(H,26,27). The molecule has 0 radical (unpaired) electrons. The van der Waals surface area contributed by atoms with Crippen molar-refractivity contribution in [3.05, 3.63) is 81.5 Å².